The smallest absolute Gasteiger partial charge is 0.225 e. The lowest BCUT2D eigenvalue weighted by molar-refractivity contribution is -0.135. The molecular formula is C17H24N2O4S. The van der Waals surface area contributed by atoms with E-state index in [9.17, 15) is 18.0 Å². The van der Waals surface area contributed by atoms with E-state index in [1.165, 1.54) is 6.07 Å². The minimum absolute atomic E-state index is 0.0436. The van der Waals surface area contributed by atoms with Crippen molar-refractivity contribution >= 4 is 21.7 Å². The molecule has 2 unspecified atom stereocenters. The Labute approximate surface area is 142 Å². The maximum absolute atomic E-state index is 12.6. The fourth-order valence-electron chi connectivity index (χ4n) is 2.95. The summed E-state index contributed by atoms with van der Waals surface area (Å²) in [6, 6.07) is 6.24. The number of piperidine rings is 1. The van der Waals surface area contributed by atoms with Crippen molar-refractivity contribution < 1.29 is 18.0 Å². The van der Waals surface area contributed by atoms with Crippen LogP contribution in [0.1, 0.15) is 38.8 Å². The largest absolute Gasteiger partial charge is 0.355 e. The van der Waals surface area contributed by atoms with E-state index in [2.05, 4.69) is 10.6 Å². The Morgan fingerprint density at radius 1 is 1.38 bits per heavy atom. The summed E-state index contributed by atoms with van der Waals surface area (Å²) < 4.78 is 23.3. The van der Waals surface area contributed by atoms with Crippen molar-refractivity contribution in [1.29, 1.82) is 0 Å². The number of hydrogen-bond donors (Lipinski definition) is 2. The van der Waals surface area contributed by atoms with Gasteiger partial charge in [0, 0.05) is 19.2 Å². The fraction of sp³-hybridized carbons (Fsp3) is 0.529. The quantitative estimate of drug-likeness (QED) is 0.857. The number of hydrogen-bond acceptors (Lipinski definition) is 4. The molecule has 7 heteroatoms. The van der Waals surface area contributed by atoms with Crippen LogP contribution in [0.5, 0.6) is 0 Å². The van der Waals surface area contributed by atoms with Crippen LogP contribution < -0.4 is 10.6 Å². The van der Waals surface area contributed by atoms with Crippen molar-refractivity contribution in [2.45, 2.75) is 38.1 Å². The van der Waals surface area contributed by atoms with Crippen LogP contribution in [0, 0.1) is 11.3 Å². The first-order valence-corrected chi connectivity index (χ1v) is 9.77. The van der Waals surface area contributed by atoms with E-state index in [1.54, 1.807) is 18.2 Å². The van der Waals surface area contributed by atoms with E-state index in [1.807, 2.05) is 20.8 Å². The summed E-state index contributed by atoms with van der Waals surface area (Å²) >= 11 is 0. The van der Waals surface area contributed by atoms with E-state index in [4.69, 9.17) is 0 Å². The molecule has 0 saturated carbocycles. The van der Waals surface area contributed by atoms with Gasteiger partial charge in [-0.3, -0.25) is 9.59 Å². The zero-order chi connectivity index (χ0) is 18.1. The van der Waals surface area contributed by atoms with Crippen molar-refractivity contribution in [2.75, 3.05) is 12.8 Å². The molecule has 1 aliphatic heterocycles. The van der Waals surface area contributed by atoms with Gasteiger partial charge in [0.15, 0.2) is 9.84 Å². The number of carbonyl (C=O) groups is 2. The van der Waals surface area contributed by atoms with Crippen LogP contribution in [0.25, 0.3) is 0 Å². The van der Waals surface area contributed by atoms with Crippen LogP contribution in [0.4, 0.5) is 0 Å². The zero-order valence-corrected chi connectivity index (χ0v) is 15.2. The maximum Gasteiger partial charge on any atom is 0.225 e. The number of nitrogens with one attached hydrogen (secondary N) is 2. The average molecular weight is 352 g/mol. The lowest BCUT2D eigenvalue weighted by Gasteiger charge is -2.37. The predicted octanol–water partition coefficient (Wildman–Crippen LogP) is 1.43. The molecule has 1 heterocycles. The Hall–Kier alpha value is -1.89. The van der Waals surface area contributed by atoms with E-state index >= 15 is 0 Å². The van der Waals surface area contributed by atoms with E-state index < -0.39 is 15.3 Å². The Morgan fingerprint density at radius 2 is 2.04 bits per heavy atom. The van der Waals surface area contributed by atoms with Gasteiger partial charge in [0.1, 0.15) is 0 Å². The third-order valence-corrected chi connectivity index (χ3v) is 5.63. The van der Waals surface area contributed by atoms with Gasteiger partial charge in [-0.2, -0.15) is 0 Å². The molecule has 6 nitrogen and oxygen atoms in total. The first-order valence-electron chi connectivity index (χ1n) is 7.88. The molecule has 0 spiro atoms. The first kappa shape index (κ1) is 18.4. The predicted molar refractivity (Wildman–Crippen MR) is 91.0 cm³/mol. The topological polar surface area (TPSA) is 92.3 Å². The molecule has 2 amide bonds. The van der Waals surface area contributed by atoms with Crippen LogP contribution in [0.3, 0.4) is 0 Å². The van der Waals surface area contributed by atoms with Gasteiger partial charge in [0.05, 0.1) is 16.9 Å². The minimum Gasteiger partial charge on any atom is -0.355 e. The molecule has 1 aromatic rings. The molecule has 1 saturated heterocycles. The van der Waals surface area contributed by atoms with Crippen LogP contribution in [-0.4, -0.2) is 33.0 Å². The molecular weight excluding hydrogens is 328 g/mol. The van der Waals surface area contributed by atoms with Crippen molar-refractivity contribution in [1.82, 2.24) is 10.6 Å². The van der Waals surface area contributed by atoms with Gasteiger partial charge in [-0.25, -0.2) is 8.42 Å². The molecule has 2 atom stereocenters. The molecule has 1 aliphatic rings. The normalized spacial score (nSPS) is 21.7. The van der Waals surface area contributed by atoms with Gasteiger partial charge in [-0.05, 0) is 30.0 Å². The molecule has 132 valence electrons. The van der Waals surface area contributed by atoms with Crippen LogP contribution in [-0.2, 0) is 19.4 Å². The molecule has 2 N–H and O–H groups in total. The third-order valence-electron chi connectivity index (χ3n) is 4.52. The second kappa shape index (κ2) is 6.55. The first-order chi connectivity index (χ1) is 11.0. The Kier molecular flexibility index (Phi) is 5.03. The van der Waals surface area contributed by atoms with Gasteiger partial charge in [-0.1, -0.05) is 26.0 Å². The van der Waals surface area contributed by atoms with E-state index in [-0.39, 0.29) is 28.7 Å². The summed E-state index contributed by atoms with van der Waals surface area (Å²) in [5.74, 6) is -0.508. The highest BCUT2D eigenvalue weighted by Crippen LogP contribution is 2.33. The maximum atomic E-state index is 12.6. The van der Waals surface area contributed by atoms with Crippen molar-refractivity contribution in [3.8, 4) is 0 Å². The second-order valence-corrected chi connectivity index (χ2v) is 9.11. The highest BCUT2D eigenvalue weighted by Gasteiger charge is 2.40. The minimum atomic E-state index is -3.29. The summed E-state index contributed by atoms with van der Waals surface area (Å²) in [4.78, 5) is 24.4. The highest BCUT2D eigenvalue weighted by molar-refractivity contribution is 7.90. The highest BCUT2D eigenvalue weighted by atomic mass is 32.2. The van der Waals surface area contributed by atoms with Crippen LogP contribution in [0.15, 0.2) is 29.2 Å². The van der Waals surface area contributed by atoms with Crippen molar-refractivity contribution in [3.63, 3.8) is 0 Å². The molecule has 2 rings (SSSR count). The molecule has 0 aromatic heterocycles. The average Bonchev–Trinajstić information content (AvgIpc) is 2.45. The second-order valence-electron chi connectivity index (χ2n) is 7.10. The summed E-state index contributed by atoms with van der Waals surface area (Å²) in [5, 5.41) is 5.66. The molecule has 0 aliphatic carbocycles. The fourth-order valence-corrected chi connectivity index (χ4v) is 3.63. The number of amides is 2. The van der Waals surface area contributed by atoms with Gasteiger partial charge in [-0.15, -0.1) is 0 Å². The molecule has 0 radical (unpaired) electrons. The molecule has 1 aromatic carbocycles. The summed E-state index contributed by atoms with van der Waals surface area (Å²) in [6.07, 6.45) is 1.46. The Morgan fingerprint density at radius 3 is 2.62 bits per heavy atom. The molecule has 24 heavy (non-hydrogen) atoms. The lowest BCUT2D eigenvalue weighted by Crippen LogP contribution is -2.52. The van der Waals surface area contributed by atoms with Crippen LogP contribution >= 0.6 is 0 Å². The number of rotatable bonds is 4. The third kappa shape index (κ3) is 4.14. The Balaban J connectivity index is 2.13. The monoisotopic (exact) mass is 352 g/mol. The SMILES string of the molecule is CC(NC(=O)C1CNC(=O)CC1(C)C)c1cccc(S(C)(=O)=O)c1. The summed E-state index contributed by atoms with van der Waals surface area (Å²) in [7, 11) is -3.29. The summed E-state index contributed by atoms with van der Waals surface area (Å²) in [5.41, 5.74) is 0.310. The number of sulfone groups is 1. The van der Waals surface area contributed by atoms with Gasteiger partial charge in [0.25, 0.3) is 0 Å². The van der Waals surface area contributed by atoms with Gasteiger partial charge in [0.2, 0.25) is 11.8 Å². The lowest BCUT2D eigenvalue weighted by atomic mass is 9.73. The van der Waals surface area contributed by atoms with Crippen molar-refractivity contribution in [2.24, 2.45) is 11.3 Å². The molecule has 1 fully saturated rings. The van der Waals surface area contributed by atoms with Gasteiger partial charge >= 0.3 is 0 Å². The Bertz CT molecular complexity index is 756. The van der Waals surface area contributed by atoms with E-state index in [0.29, 0.717) is 13.0 Å². The zero-order valence-electron chi connectivity index (χ0n) is 14.4. The number of benzene rings is 1. The molecule has 0 bridgehead atoms. The van der Waals surface area contributed by atoms with Crippen molar-refractivity contribution in [3.05, 3.63) is 29.8 Å². The van der Waals surface area contributed by atoms with Crippen LogP contribution in [0.2, 0.25) is 0 Å². The van der Waals surface area contributed by atoms with E-state index in [0.717, 1.165) is 11.8 Å². The van der Waals surface area contributed by atoms with Gasteiger partial charge < -0.3 is 10.6 Å². The standard InChI is InChI=1S/C17H24N2O4S/c1-11(12-6-5-7-13(8-12)24(4,22)23)19-16(21)14-10-18-15(20)9-17(14,2)3/h5-8,11,14H,9-10H2,1-4H3,(H,18,20)(H,19,21). The number of carbonyl (C=O) groups excluding carboxylic acids is 2. The summed E-state index contributed by atoms with van der Waals surface area (Å²) in [6.45, 7) is 5.94.